The van der Waals surface area contributed by atoms with Crippen LogP contribution in [-0.4, -0.2) is 46.2 Å². The standard InChI is InChI=1S/C19H23ClN4O2/c1-14(26-18-8-7-17(20)22-23-18)19(25)21-16-9-11-24(12-10-16)13-15-5-3-2-4-6-15/h2-8,14,16H,9-13H2,1H3,(H,21,25). The minimum absolute atomic E-state index is 0.136. The van der Waals surface area contributed by atoms with E-state index in [-0.39, 0.29) is 23.0 Å². The van der Waals surface area contributed by atoms with Gasteiger partial charge in [0.1, 0.15) is 0 Å². The zero-order valence-electron chi connectivity index (χ0n) is 14.8. The van der Waals surface area contributed by atoms with E-state index in [1.54, 1.807) is 19.1 Å². The molecule has 2 heterocycles. The average Bonchev–Trinajstić information content (AvgIpc) is 2.66. The number of halogens is 1. The van der Waals surface area contributed by atoms with Gasteiger partial charge < -0.3 is 10.1 Å². The molecule has 0 aliphatic carbocycles. The van der Waals surface area contributed by atoms with Gasteiger partial charge >= 0.3 is 0 Å². The highest BCUT2D eigenvalue weighted by molar-refractivity contribution is 6.29. The van der Waals surface area contributed by atoms with Gasteiger partial charge in [0.15, 0.2) is 11.3 Å². The topological polar surface area (TPSA) is 67.3 Å². The van der Waals surface area contributed by atoms with Gasteiger partial charge in [-0.1, -0.05) is 41.9 Å². The van der Waals surface area contributed by atoms with Crippen LogP contribution in [0, 0.1) is 0 Å². The molecule has 3 rings (SSSR count). The van der Waals surface area contributed by atoms with Crippen LogP contribution in [0.15, 0.2) is 42.5 Å². The fourth-order valence-electron chi connectivity index (χ4n) is 3.00. The lowest BCUT2D eigenvalue weighted by atomic mass is 10.0. The molecule has 1 aromatic heterocycles. The molecule has 6 nitrogen and oxygen atoms in total. The predicted molar refractivity (Wildman–Crippen MR) is 100 cm³/mol. The smallest absolute Gasteiger partial charge is 0.261 e. The maximum Gasteiger partial charge on any atom is 0.261 e. The van der Waals surface area contributed by atoms with Crippen LogP contribution in [0.4, 0.5) is 0 Å². The molecule has 7 heteroatoms. The third kappa shape index (κ3) is 5.41. The summed E-state index contributed by atoms with van der Waals surface area (Å²) in [6.07, 6.45) is 1.24. The van der Waals surface area contributed by atoms with E-state index < -0.39 is 6.10 Å². The highest BCUT2D eigenvalue weighted by atomic mass is 35.5. The van der Waals surface area contributed by atoms with Crippen molar-refractivity contribution in [3.05, 3.63) is 53.2 Å². The Morgan fingerprint density at radius 1 is 1.23 bits per heavy atom. The third-order valence-electron chi connectivity index (χ3n) is 4.46. The first-order chi connectivity index (χ1) is 12.6. The van der Waals surface area contributed by atoms with Crippen molar-refractivity contribution in [3.8, 4) is 5.88 Å². The molecule has 1 atom stereocenters. The van der Waals surface area contributed by atoms with Crippen LogP contribution in [0.2, 0.25) is 5.15 Å². The first-order valence-corrected chi connectivity index (χ1v) is 9.20. The van der Waals surface area contributed by atoms with Crippen molar-refractivity contribution in [3.63, 3.8) is 0 Å². The highest BCUT2D eigenvalue weighted by Gasteiger charge is 2.23. The van der Waals surface area contributed by atoms with Crippen molar-refractivity contribution in [2.24, 2.45) is 0 Å². The number of carbonyl (C=O) groups excluding carboxylic acids is 1. The van der Waals surface area contributed by atoms with Gasteiger partial charge in [-0.25, -0.2) is 0 Å². The second kappa shape index (κ2) is 8.96. The molecule has 1 aliphatic rings. The molecule has 2 aromatic rings. The van der Waals surface area contributed by atoms with Gasteiger partial charge in [0, 0.05) is 31.7 Å². The maximum absolute atomic E-state index is 12.3. The second-order valence-electron chi connectivity index (χ2n) is 6.50. The van der Waals surface area contributed by atoms with Crippen LogP contribution in [0.5, 0.6) is 5.88 Å². The Kier molecular flexibility index (Phi) is 6.41. The molecule has 0 saturated carbocycles. The van der Waals surface area contributed by atoms with Crippen molar-refractivity contribution in [1.82, 2.24) is 20.4 Å². The van der Waals surface area contributed by atoms with Crippen LogP contribution in [0.25, 0.3) is 0 Å². The number of hydrogen-bond acceptors (Lipinski definition) is 5. The zero-order chi connectivity index (χ0) is 18.4. The van der Waals surface area contributed by atoms with Gasteiger partial charge in [-0.05, 0) is 31.4 Å². The molecule has 1 amide bonds. The molecule has 0 radical (unpaired) electrons. The molecular weight excluding hydrogens is 352 g/mol. The van der Waals surface area contributed by atoms with E-state index in [1.807, 2.05) is 6.07 Å². The Labute approximate surface area is 158 Å². The normalized spacial score (nSPS) is 16.8. The molecular formula is C19H23ClN4O2. The first kappa shape index (κ1) is 18.6. The minimum Gasteiger partial charge on any atom is -0.463 e. The van der Waals surface area contributed by atoms with Gasteiger partial charge in [0.25, 0.3) is 5.91 Å². The van der Waals surface area contributed by atoms with E-state index >= 15 is 0 Å². The minimum atomic E-state index is -0.632. The summed E-state index contributed by atoms with van der Waals surface area (Å²) >= 11 is 5.69. The third-order valence-corrected chi connectivity index (χ3v) is 4.66. The molecule has 1 saturated heterocycles. The summed E-state index contributed by atoms with van der Waals surface area (Å²) in [7, 11) is 0. The van der Waals surface area contributed by atoms with E-state index in [0.717, 1.165) is 32.5 Å². The van der Waals surface area contributed by atoms with Gasteiger partial charge in [-0.2, -0.15) is 0 Å². The van der Waals surface area contributed by atoms with Crippen LogP contribution >= 0.6 is 11.6 Å². The lowest BCUT2D eigenvalue weighted by Gasteiger charge is -2.32. The zero-order valence-corrected chi connectivity index (χ0v) is 15.5. The fourth-order valence-corrected chi connectivity index (χ4v) is 3.10. The molecule has 1 N–H and O–H groups in total. The number of piperidine rings is 1. The number of nitrogens with zero attached hydrogens (tertiary/aromatic N) is 3. The molecule has 26 heavy (non-hydrogen) atoms. The number of carbonyl (C=O) groups is 1. The summed E-state index contributed by atoms with van der Waals surface area (Å²) in [5.41, 5.74) is 1.32. The van der Waals surface area contributed by atoms with Crippen LogP contribution < -0.4 is 10.1 Å². The summed E-state index contributed by atoms with van der Waals surface area (Å²) in [5, 5.41) is 10.9. The second-order valence-corrected chi connectivity index (χ2v) is 6.89. The summed E-state index contributed by atoms with van der Waals surface area (Å²) in [4.78, 5) is 14.7. The molecule has 1 aliphatic heterocycles. The van der Waals surface area contributed by atoms with Gasteiger partial charge in [0.2, 0.25) is 5.88 Å². The van der Waals surface area contributed by atoms with E-state index in [2.05, 4.69) is 44.7 Å². The van der Waals surface area contributed by atoms with E-state index in [0.29, 0.717) is 0 Å². The molecule has 0 spiro atoms. The lowest BCUT2D eigenvalue weighted by molar-refractivity contribution is -0.128. The van der Waals surface area contributed by atoms with Crippen molar-refractivity contribution in [2.75, 3.05) is 13.1 Å². The van der Waals surface area contributed by atoms with Gasteiger partial charge in [-0.15, -0.1) is 10.2 Å². The van der Waals surface area contributed by atoms with Crippen molar-refractivity contribution >= 4 is 17.5 Å². The Morgan fingerprint density at radius 2 is 1.96 bits per heavy atom. The van der Waals surface area contributed by atoms with E-state index in [4.69, 9.17) is 16.3 Å². The monoisotopic (exact) mass is 374 g/mol. The number of amides is 1. The van der Waals surface area contributed by atoms with Crippen molar-refractivity contribution in [2.45, 2.75) is 38.5 Å². The molecule has 1 aromatic carbocycles. The molecule has 1 unspecified atom stereocenters. The van der Waals surface area contributed by atoms with E-state index in [1.165, 1.54) is 5.56 Å². The Hall–Kier alpha value is -2.18. The highest BCUT2D eigenvalue weighted by Crippen LogP contribution is 2.15. The van der Waals surface area contributed by atoms with Crippen molar-refractivity contribution < 1.29 is 9.53 Å². The number of aromatic nitrogens is 2. The fraction of sp³-hybridized carbons (Fsp3) is 0.421. The first-order valence-electron chi connectivity index (χ1n) is 8.82. The number of likely N-dealkylation sites (tertiary alicyclic amines) is 1. The number of ether oxygens (including phenoxy) is 1. The van der Waals surface area contributed by atoms with E-state index in [9.17, 15) is 4.79 Å². The molecule has 138 valence electrons. The molecule has 0 bridgehead atoms. The molecule has 1 fully saturated rings. The predicted octanol–water partition coefficient (Wildman–Crippen LogP) is 2.68. The Bertz CT molecular complexity index is 703. The lowest BCUT2D eigenvalue weighted by Crippen LogP contribution is -2.47. The maximum atomic E-state index is 12.3. The van der Waals surface area contributed by atoms with Crippen LogP contribution in [0.3, 0.4) is 0 Å². The quantitative estimate of drug-likeness (QED) is 0.842. The number of benzene rings is 1. The SMILES string of the molecule is CC(Oc1ccc(Cl)nn1)C(=O)NC1CCN(Cc2ccccc2)CC1. The van der Waals surface area contributed by atoms with Gasteiger partial charge in [0.05, 0.1) is 0 Å². The average molecular weight is 375 g/mol. The Morgan fingerprint density at radius 3 is 2.62 bits per heavy atom. The Balaban J connectivity index is 1.42. The summed E-state index contributed by atoms with van der Waals surface area (Å²) in [6.45, 7) is 4.60. The van der Waals surface area contributed by atoms with Crippen LogP contribution in [-0.2, 0) is 11.3 Å². The summed E-state index contributed by atoms with van der Waals surface area (Å²) < 4.78 is 5.52. The summed E-state index contributed by atoms with van der Waals surface area (Å²) in [6, 6.07) is 13.8. The van der Waals surface area contributed by atoms with Crippen molar-refractivity contribution in [1.29, 1.82) is 0 Å². The largest absolute Gasteiger partial charge is 0.463 e. The number of rotatable bonds is 6. The summed E-state index contributed by atoms with van der Waals surface area (Å²) in [5.74, 6) is 0.151. The van der Waals surface area contributed by atoms with Crippen LogP contribution in [0.1, 0.15) is 25.3 Å². The van der Waals surface area contributed by atoms with Gasteiger partial charge in [-0.3, -0.25) is 9.69 Å². The number of hydrogen-bond donors (Lipinski definition) is 1. The number of nitrogens with one attached hydrogen (secondary N) is 1.